The number of fused-ring (bicyclic) bond motifs is 1. The van der Waals surface area contributed by atoms with E-state index in [0.29, 0.717) is 11.5 Å². The van der Waals surface area contributed by atoms with Crippen molar-refractivity contribution in [3.8, 4) is 16.9 Å². The maximum absolute atomic E-state index is 11.3. The van der Waals surface area contributed by atoms with Crippen LogP contribution in [0.1, 0.15) is 59.8 Å². The second kappa shape index (κ2) is 8.64. The predicted molar refractivity (Wildman–Crippen MR) is 130 cm³/mol. The Morgan fingerprint density at radius 3 is 2.45 bits per heavy atom. The van der Waals surface area contributed by atoms with Crippen LogP contribution in [-0.4, -0.2) is 34.5 Å². The van der Waals surface area contributed by atoms with Crippen molar-refractivity contribution in [1.82, 2.24) is 9.88 Å². The van der Waals surface area contributed by atoms with Gasteiger partial charge in [0.05, 0.1) is 0 Å². The number of hydrogen-bond donors (Lipinski definition) is 1. The van der Waals surface area contributed by atoms with Gasteiger partial charge in [-0.25, -0.2) is 0 Å². The van der Waals surface area contributed by atoms with Crippen LogP contribution in [0.15, 0.2) is 60.8 Å². The molecule has 0 saturated carbocycles. The monoisotopic (exact) mass is 441 g/mol. The number of nitrogens with two attached hydrogens (primary N) is 1. The summed E-state index contributed by atoms with van der Waals surface area (Å²) in [5.74, 6) is 1.14. The summed E-state index contributed by atoms with van der Waals surface area (Å²) in [5, 5.41) is 0. The SMILES string of the molecule is CC1(C)Cc2cc(CN3CCC(c4ccc(-c5ccc(C(N)=O)cc5)cn4)CC3)ccc2O1. The Balaban J connectivity index is 1.17. The van der Waals surface area contributed by atoms with Crippen LogP contribution in [0.2, 0.25) is 0 Å². The zero-order chi connectivity index (χ0) is 23.0. The highest BCUT2D eigenvalue weighted by Crippen LogP contribution is 2.36. The third-order valence-electron chi connectivity index (χ3n) is 6.83. The Kier molecular flexibility index (Phi) is 5.67. The van der Waals surface area contributed by atoms with Crippen LogP contribution >= 0.6 is 0 Å². The van der Waals surface area contributed by atoms with Crippen LogP contribution in [0.4, 0.5) is 0 Å². The first-order valence-electron chi connectivity index (χ1n) is 11.8. The molecule has 0 unspecified atom stereocenters. The minimum atomic E-state index is -0.407. The molecule has 5 heteroatoms. The van der Waals surface area contributed by atoms with Gasteiger partial charge in [-0.2, -0.15) is 0 Å². The quantitative estimate of drug-likeness (QED) is 0.609. The largest absolute Gasteiger partial charge is 0.487 e. The number of amides is 1. The number of pyridine rings is 1. The summed E-state index contributed by atoms with van der Waals surface area (Å²) in [6, 6.07) is 18.3. The zero-order valence-electron chi connectivity index (χ0n) is 19.4. The van der Waals surface area contributed by atoms with Crippen LogP contribution < -0.4 is 10.5 Å². The summed E-state index contributed by atoms with van der Waals surface area (Å²) < 4.78 is 6.01. The van der Waals surface area contributed by atoms with Gasteiger partial charge in [-0.1, -0.05) is 30.3 Å². The molecule has 0 bridgehead atoms. The lowest BCUT2D eigenvalue weighted by Crippen LogP contribution is -2.32. The second-order valence-electron chi connectivity index (χ2n) is 9.94. The first-order valence-corrected chi connectivity index (χ1v) is 11.8. The molecule has 0 aliphatic carbocycles. The third-order valence-corrected chi connectivity index (χ3v) is 6.83. The summed E-state index contributed by atoms with van der Waals surface area (Å²) in [7, 11) is 0. The molecule has 1 amide bonds. The van der Waals surface area contributed by atoms with Crippen LogP contribution in [0.5, 0.6) is 5.75 Å². The van der Waals surface area contributed by atoms with Crippen molar-refractivity contribution < 1.29 is 9.53 Å². The molecule has 5 rings (SSSR count). The Bertz CT molecular complexity index is 1140. The molecule has 33 heavy (non-hydrogen) atoms. The molecular weight excluding hydrogens is 410 g/mol. The normalized spacial score (nSPS) is 18.0. The van der Waals surface area contributed by atoms with E-state index in [1.54, 1.807) is 12.1 Å². The van der Waals surface area contributed by atoms with Gasteiger partial charge in [0.1, 0.15) is 11.4 Å². The van der Waals surface area contributed by atoms with Crippen molar-refractivity contribution in [2.45, 2.75) is 51.2 Å². The van der Waals surface area contributed by atoms with E-state index < -0.39 is 5.91 Å². The fourth-order valence-electron chi connectivity index (χ4n) is 5.05. The van der Waals surface area contributed by atoms with Crippen LogP contribution in [0.25, 0.3) is 11.1 Å². The van der Waals surface area contributed by atoms with Crippen molar-refractivity contribution in [2.75, 3.05) is 13.1 Å². The van der Waals surface area contributed by atoms with E-state index in [-0.39, 0.29) is 5.60 Å². The van der Waals surface area contributed by atoms with Gasteiger partial charge in [-0.3, -0.25) is 14.7 Å². The number of nitrogens with zero attached hydrogens (tertiary/aromatic N) is 2. The number of aromatic nitrogens is 1. The molecule has 3 heterocycles. The van der Waals surface area contributed by atoms with Crippen molar-refractivity contribution in [3.63, 3.8) is 0 Å². The molecule has 0 radical (unpaired) electrons. The molecule has 170 valence electrons. The first kappa shape index (κ1) is 21.7. The van der Waals surface area contributed by atoms with E-state index in [1.165, 1.54) is 16.8 Å². The number of hydrogen-bond acceptors (Lipinski definition) is 4. The van der Waals surface area contributed by atoms with Crippen molar-refractivity contribution >= 4 is 5.91 Å². The van der Waals surface area contributed by atoms with Gasteiger partial charge in [0.25, 0.3) is 0 Å². The van der Waals surface area contributed by atoms with Gasteiger partial charge in [-0.15, -0.1) is 0 Å². The number of carbonyl (C=O) groups is 1. The molecule has 5 nitrogen and oxygen atoms in total. The number of primary amides is 1. The van der Waals surface area contributed by atoms with Gasteiger partial charge in [0, 0.05) is 41.9 Å². The highest BCUT2D eigenvalue weighted by atomic mass is 16.5. The standard InChI is InChI=1S/C28H31N3O2/c1-28(2)16-24-15-19(3-10-26(24)33-28)18-31-13-11-21(12-14-31)25-9-8-23(17-30-25)20-4-6-22(7-5-20)27(29)32/h3-10,15,17,21H,11-14,16,18H2,1-2H3,(H2,29,32). The summed E-state index contributed by atoms with van der Waals surface area (Å²) in [4.78, 5) is 18.6. The number of benzene rings is 2. The Morgan fingerprint density at radius 2 is 1.79 bits per heavy atom. The van der Waals surface area contributed by atoms with Crippen LogP contribution in [0, 0.1) is 0 Å². The summed E-state index contributed by atoms with van der Waals surface area (Å²) >= 11 is 0. The van der Waals surface area contributed by atoms with E-state index >= 15 is 0 Å². The van der Waals surface area contributed by atoms with Gasteiger partial charge >= 0.3 is 0 Å². The molecular formula is C28H31N3O2. The molecule has 2 aliphatic heterocycles. The summed E-state index contributed by atoms with van der Waals surface area (Å²) in [5.41, 5.74) is 11.7. The molecule has 2 aliphatic rings. The van der Waals surface area contributed by atoms with E-state index in [1.807, 2.05) is 18.3 Å². The van der Waals surface area contributed by atoms with Gasteiger partial charge < -0.3 is 10.5 Å². The molecule has 3 aromatic rings. The molecule has 2 N–H and O–H groups in total. The molecule has 1 saturated heterocycles. The summed E-state index contributed by atoms with van der Waals surface area (Å²) in [6.07, 6.45) is 5.17. The number of carbonyl (C=O) groups excluding carboxylic acids is 1. The topological polar surface area (TPSA) is 68.5 Å². The van der Waals surface area contributed by atoms with E-state index in [2.05, 4.69) is 49.1 Å². The molecule has 0 spiro atoms. The molecule has 1 aromatic heterocycles. The molecule has 1 fully saturated rings. The second-order valence-corrected chi connectivity index (χ2v) is 9.94. The Labute approximate surface area is 195 Å². The predicted octanol–water partition coefficient (Wildman–Crippen LogP) is 4.94. The minimum Gasteiger partial charge on any atom is -0.487 e. The van der Waals surface area contributed by atoms with Crippen LogP contribution in [0.3, 0.4) is 0 Å². The lowest BCUT2D eigenvalue weighted by Gasteiger charge is -2.31. The van der Waals surface area contributed by atoms with Gasteiger partial charge in [-0.05, 0) is 80.7 Å². The number of piperidine rings is 1. The maximum atomic E-state index is 11.3. The lowest BCUT2D eigenvalue weighted by atomic mass is 9.92. The van der Waals surface area contributed by atoms with Crippen molar-refractivity contribution in [1.29, 1.82) is 0 Å². The van der Waals surface area contributed by atoms with E-state index in [4.69, 9.17) is 15.5 Å². The smallest absolute Gasteiger partial charge is 0.248 e. The minimum absolute atomic E-state index is 0.0885. The number of likely N-dealkylation sites (tertiary alicyclic amines) is 1. The fraction of sp³-hybridized carbons (Fsp3) is 0.357. The van der Waals surface area contributed by atoms with Crippen molar-refractivity contribution in [2.24, 2.45) is 5.73 Å². The number of rotatable bonds is 5. The average Bonchev–Trinajstić information content (AvgIpc) is 3.13. The fourth-order valence-corrected chi connectivity index (χ4v) is 5.05. The Hall–Kier alpha value is -3.18. The summed E-state index contributed by atoms with van der Waals surface area (Å²) in [6.45, 7) is 7.47. The molecule has 0 atom stereocenters. The van der Waals surface area contributed by atoms with Crippen LogP contribution in [-0.2, 0) is 13.0 Å². The van der Waals surface area contributed by atoms with Crippen molar-refractivity contribution in [3.05, 3.63) is 83.2 Å². The third kappa shape index (κ3) is 4.79. The maximum Gasteiger partial charge on any atom is 0.248 e. The first-order chi connectivity index (χ1) is 15.9. The lowest BCUT2D eigenvalue weighted by molar-refractivity contribution is 0.1000. The highest BCUT2D eigenvalue weighted by Gasteiger charge is 2.30. The average molecular weight is 442 g/mol. The molecule has 2 aromatic carbocycles. The number of ether oxygens (including phenoxy) is 1. The highest BCUT2D eigenvalue weighted by molar-refractivity contribution is 5.93. The van der Waals surface area contributed by atoms with Gasteiger partial charge in [0.2, 0.25) is 5.91 Å². The Morgan fingerprint density at radius 1 is 1.06 bits per heavy atom. The zero-order valence-corrected chi connectivity index (χ0v) is 19.4. The van der Waals surface area contributed by atoms with E-state index in [0.717, 1.165) is 55.8 Å². The van der Waals surface area contributed by atoms with E-state index in [9.17, 15) is 4.79 Å². The van der Waals surface area contributed by atoms with Gasteiger partial charge in [0.15, 0.2) is 0 Å².